The number of rotatable bonds is 11. The Balaban J connectivity index is 3.62. The molecule has 0 spiro atoms. The molecule has 0 aromatic carbocycles. The number of thioether (sulfide) groups is 1. The van der Waals surface area contributed by atoms with Gasteiger partial charge in [0.1, 0.15) is 0 Å². The fourth-order valence-electron chi connectivity index (χ4n) is 1.33. The van der Waals surface area contributed by atoms with Crippen molar-refractivity contribution in [2.24, 2.45) is 5.92 Å². The van der Waals surface area contributed by atoms with Crippen molar-refractivity contribution in [3.63, 3.8) is 0 Å². The first kappa shape index (κ1) is 16.3. The zero-order valence-electron chi connectivity index (χ0n) is 11.4. The molecule has 0 fully saturated rings. The minimum atomic E-state index is 0.523. The summed E-state index contributed by atoms with van der Waals surface area (Å²) in [7, 11) is 0. The van der Waals surface area contributed by atoms with Crippen molar-refractivity contribution in [3.8, 4) is 0 Å². The van der Waals surface area contributed by atoms with E-state index in [0.29, 0.717) is 6.04 Å². The van der Waals surface area contributed by atoms with Crippen molar-refractivity contribution in [2.75, 3.05) is 31.3 Å². The summed E-state index contributed by atoms with van der Waals surface area (Å²) in [6.45, 7) is 11.8. The van der Waals surface area contributed by atoms with Gasteiger partial charge in [0.15, 0.2) is 0 Å². The van der Waals surface area contributed by atoms with Crippen molar-refractivity contribution in [1.82, 2.24) is 5.32 Å². The van der Waals surface area contributed by atoms with E-state index in [9.17, 15) is 0 Å². The molecule has 0 saturated carbocycles. The number of hydrogen-bond donors (Lipinski definition) is 1. The highest BCUT2D eigenvalue weighted by molar-refractivity contribution is 7.99. The van der Waals surface area contributed by atoms with Crippen LogP contribution in [0.1, 0.15) is 40.5 Å². The zero-order valence-corrected chi connectivity index (χ0v) is 12.2. The van der Waals surface area contributed by atoms with Gasteiger partial charge in [0.05, 0.1) is 6.61 Å². The second kappa shape index (κ2) is 11.7. The van der Waals surface area contributed by atoms with Crippen LogP contribution in [0.3, 0.4) is 0 Å². The molecule has 1 unspecified atom stereocenters. The van der Waals surface area contributed by atoms with E-state index < -0.39 is 0 Å². The molecular weight excluding hydrogens is 218 g/mol. The zero-order chi connectivity index (χ0) is 12.2. The molecule has 0 bridgehead atoms. The fourth-order valence-corrected chi connectivity index (χ4v) is 2.44. The van der Waals surface area contributed by atoms with Crippen molar-refractivity contribution in [1.29, 1.82) is 0 Å². The minimum Gasteiger partial charge on any atom is -0.380 e. The molecular formula is C13H29NOS. The second-order valence-corrected chi connectivity index (χ2v) is 5.73. The van der Waals surface area contributed by atoms with Gasteiger partial charge in [0.2, 0.25) is 0 Å². The average Bonchev–Trinajstić information content (AvgIpc) is 2.25. The Kier molecular flexibility index (Phi) is 11.9. The van der Waals surface area contributed by atoms with E-state index in [2.05, 4.69) is 33.0 Å². The predicted molar refractivity (Wildman–Crippen MR) is 75.4 cm³/mol. The maximum Gasteiger partial charge on any atom is 0.0627 e. The highest BCUT2D eigenvalue weighted by Crippen LogP contribution is 2.09. The van der Waals surface area contributed by atoms with Gasteiger partial charge in [-0.3, -0.25) is 0 Å². The Morgan fingerprint density at radius 1 is 1.12 bits per heavy atom. The summed E-state index contributed by atoms with van der Waals surface area (Å²) in [5.74, 6) is 3.20. The molecule has 0 radical (unpaired) electrons. The highest BCUT2D eigenvalue weighted by Gasteiger charge is 2.08. The SMILES string of the molecule is CCCNC(COCCC)CSCC(C)C. The van der Waals surface area contributed by atoms with E-state index in [4.69, 9.17) is 4.74 Å². The van der Waals surface area contributed by atoms with Gasteiger partial charge < -0.3 is 10.1 Å². The molecule has 16 heavy (non-hydrogen) atoms. The standard InChI is InChI=1S/C13H29NOS/c1-5-7-14-13(9-15-8-6-2)11-16-10-12(3)4/h12-14H,5-11H2,1-4H3. The second-order valence-electron chi connectivity index (χ2n) is 4.66. The molecule has 0 amide bonds. The molecule has 1 N–H and O–H groups in total. The summed E-state index contributed by atoms with van der Waals surface area (Å²) in [5, 5.41) is 3.56. The number of hydrogen-bond acceptors (Lipinski definition) is 3. The summed E-state index contributed by atoms with van der Waals surface area (Å²) in [5.41, 5.74) is 0. The molecule has 0 heterocycles. The van der Waals surface area contributed by atoms with E-state index in [1.165, 1.54) is 17.9 Å². The van der Waals surface area contributed by atoms with Crippen LogP contribution in [0.5, 0.6) is 0 Å². The Hall–Kier alpha value is 0.270. The fraction of sp³-hybridized carbons (Fsp3) is 1.00. The normalized spacial score (nSPS) is 13.3. The monoisotopic (exact) mass is 247 g/mol. The highest BCUT2D eigenvalue weighted by atomic mass is 32.2. The average molecular weight is 247 g/mol. The van der Waals surface area contributed by atoms with E-state index in [-0.39, 0.29) is 0 Å². The van der Waals surface area contributed by atoms with Crippen molar-refractivity contribution in [3.05, 3.63) is 0 Å². The Bertz CT molecular complexity index is 142. The summed E-state index contributed by atoms with van der Waals surface area (Å²) in [4.78, 5) is 0. The van der Waals surface area contributed by atoms with Gasteiger partial charge in [0, 0.05) is 18.4 Å². The van der Waals surface area contributed by atoms with Crippen molar-refractivity contribution in [2.45, 2.75) is 46.6 Å². The van der Waals surface area contributed by atoms with E-state index in [1.807, 2.05) is 11.8 Å². The third-order valence-corrected chi connectivity index (χ3v) is 3.66. The molecule has 0 aromatic rings. The van der Waals surface area contributed by atoms with Crippen LogP contribution in [0, 0.1) is 5.92 Å². The van der Waals surface area contributed by atoms with E-state index >= 15 is 0 Å². The maximum atomic E-state index is 5.62. The molecule has 0 rings (SSSR count). The Morgan fingerprint density at radius 2 is 1.88 bits per heavy atom. The first-order chi connectivity index (χ1) is 7.70. The van der Waals surface area contributed by atoms with Crippen molar-refractivity contribution < 1.29 is 4.74 Å². The minimum absolute atomic E-state index is 0.523. The lowest BCUT2D eigenvalue weighted by Gasteiger charge is -2.18. The quantitative estimate of drug-likeness (QED) is 0.567. The molecule has 0 aromatic heterocycles. The topological polar surface area (TPSA) is 21.3 Å². The Labute approximate surface area is 106 Å². The molecule has 0 aliphatic heterocycles. The van der Waals surface area contributed by atoms with Gasteiger partial charge in [-0.05, 0) is 31.1 Å². The van der Waals surface area contributed by atoms with Gasteiger partial charge >= 0.3 is 0 Å². The first-order valence-corrected chi connectivity index (χ1v) is 7.75. The molecule has 98 valence electrons. The van der Waals surface area contributed by atoms with Gasteiger partial charge in [-0.1, -0.05) is 27.7 Å². The number of nitrogens with one attached hydrogen (secondary N) is 1. The van der Waals surface area contributed by atoms with Gasteiger partial charge in [-0.25, -0.2) is 0 Å². The molecule has 0 saturated heterocycles. The van der Waals surface area contributed by atoms with Gasteiger partial charge in [-0.15, -0.1) is 0 Å². The lowest BCUT2D eigenvalue weighted by atomic mass is 10.3. The van der Waals surface area contributed by atoms with Crippen LogP contribution in [0.25, 0.3) is 0 Å². The third-order valence-electron chi connectivity index (χ3n) is 2.12. The molecule has 2 nitrogen and oxygen atoms in total. The summed E-state index contributed by atoms with van der Waals surface area (Å²) >= 11 is 2.04. The van der Waals surface area contributed by atoms with Crippen LogP contribution in [-0.2, 0) is 4.74 Å². The van der Waals surface area contributed by atoms with Crippen LogP contribution in [0.4, 0.5) is 0 Å². The van der Waals surface area contributed by atoms with Crippen LogP contribution in [-0.4, -0.2) is 37.3 Å². The lowest BCUT2D eigenvalue weighted by molar-refractivity contribution is 0.117. The Morgan fingerprint density at radius 3 is 2.44 bits per heavy atom. The lowest BCUT2D eigenvalue weighted by Crippen LogP contribution is -2.36. The van der Waals surface area contributed by atoms with Crippen molar-refractivity contribution >= 4 is 11.8 Å². The number of ether oxygens (including phenoxy) is 1. The smallest absolute Gasteiger partial charge is 0.0627 e. The maximum absolute atomic E-state index is 5.62. The molecule has 0 aliphatic rings. The third kappa shape index (κ3) is 10.8. The summed E-state index contributed by atoms with van der Waals surface area (Å²) < 4.78 is 5.62. The van der Waals surface area contributed by atoms with Crippen LogP contribution < -0.4 is 5.32 Å². The van der Waals surface area contributed by atoms with Gasteiger partial charge in [-0.2, -0.15) is 11.8 Å². The van der Waals surface area contributed by atoms with Crippen LogP contribution in [0.15, 0.2) is 0 Å². The van der Waals surface area contributed by atoms with Crippen LogP contribution >= 0.6 is 11.8 Å². The predicted octanol–water partition coefficient (Wildman–Crippen LogP) is 3.17. The molecule has 0 aliphatic carbocycles. The summed E-state index contributed by atoms with van der Waals surface area (Å²) in [6, 6.07) is 0.523. The van der Waals surface area contributed by atoms with E-state index in [1.54, 1.807) is 0 Å². The molecule has 3 heteroatoms. The van der Waals surface area contributed by atoms with Crippen LogP contribution in [0.2, 0.25) is 0 Å². The molecule has 1 atom stereocenters. The largest absolute Gasteiger partial charge is 0.380 e. The van der Waals surface area contributed by atoms with E-state index in [0.717, 1.165) is 32.1 Å². The first-order valence-electron chi connectivity index (χ1n) is 6.59. The summed E-state index contributed by atoms with van der Waals surface area (Å²) in [6.07, 6.45) is 2.30. The van der Waals surface area contributed by atoms with Gasteiger partial charge in [0.25, 0.3) is 0 Å².